The predicted molar refractivity (Wildman–Crippen MR) is 102 cm³/mol. The molecule has 0 radical (unpaired) electrons. The van der Waals surface area contributed by atoms with Crippen molar-refractivity contribution in [3.8, 4) is 0 Å². The summed E-state index contributed by atoms with van der Waals surface area (Å²) in [6, 6.07) is 12.6. The van der Waals surface area contributed by atoms with Gasteiger partial charge in [0.1, 0.15) is 5.69 Å². The highest BCUT2D eigenvalue weighted by atomic mass is 16.2. The van der Waals surface area contributed by atoms with E-state index in [1.54, 1.807) is 6.20 Å². The van der Waals surface area contributed by atoms with Crippen LogP contribution in [0.5, 0.6) is 0 Å². The number of hydrogen-bond donors (Lipinski definition) is 1. The SMILES string of the molecule is CCCCn1nc(C(=O)NCc2ccccc2Cn2cccn2)ccc1=O. The quantitative estimate of drug-likeness (QED) is 0.664. The Morgan fingerprint density at radius 1 is 1.11 bits per heavy atom. The van der Waals surface area contributed by atoms with Crippen molar-refractivity contribution in [1.29, 1.82) is 0 Å². The highest BCUT2D eigenvalue weighted by Crippen LogP contribution is 2.10. The number of hydrogen-bond acceptors (Lipinski definition) is 4. The molecule has 0 bridgehead atoms. The summed E-state index contributed by atoms with van der Waals surface area (Å²) in [5, 5.41) is 11.3. The Bertz CT molecular complexity index is 947. The first-order valence-corrected chi connectivity index (χ1v) is 9.08. The van der Waals surface area contributed by atoms with Crippen LogP contribution in [0, 0.1) is 0 Å². The van der Waals surface area contributed by atoms with E-state index < -0.39 is 0 Å². The van der Waals surface area contributed by atoms with E-state index in [0.717, 1.165) is 24.0 Å². The highest BCUT2D eigenvalue weighted by Gasteiger charge is 2.11. The molecule has 0 spiro atoms. The van der Waals surface area contributed by atoms with Crippen molar-refractivity contribution in [2.45, 2.75) is 39.4 Å². The summed E-state index contributed by atoms with van der Waals surface area (Å²) in [4.78, 5) is 24.3. The molecule has 0 atom stereocenters. The van der Waals surface area contributed by atoms with E-state index in [4.69, 9.17) is 0 Å². The average molecular weight is 365 g/mol. The van der Waals surface area contributed by atoms with E-state index in [0.29, 0.717) is 19.6 Å². The van der Waals surface area contributed by atoms with Gasteiger partial charge in [0.05, 0.1) is 6.54 Å². The zero-order valence-electron chi connectivity index (χ0n) is 15.3. The first kappa shape index (κ1) is 18.6. The van der Waals surface area contributed by atoms with E-state index in [2.05, 4.69) is 15.5 Å². The molecule has 0 aliphatic rings. The van der Waals surface area contributed by atoms with Crippen LogP contribution in [-0.2, 0) is 19.6 Å². The molecular formula is C20H23N5O2. The maximum absolute atomic E-state index is 12.5. The lowest BCUT2D eigenvalue weighted by atomic mass is 10.1. The molecular weight excluding hydrogens is 342 g/mol. The van der Waals surface area contributed by atoms with Gasteiger partial charge in [-0.15, -0.1) is 0 Å². The molecule has 0 unspecified atom stereocenters. The summed E-state index contributed by atoms with van der Waals surface area (Å²) in [5.74, 6) is -0.297. The number of carbonyl (C=O) groups excluding carboxylic acids is 1. The molecule has 1 aromatic carbocycles. The van der Waals surface area contributed by atoms with Gasteiger partial charge in [0.2, 0.25) is 0 Å². The smallest absolute Gasteiger partial charge is 0.271 e. The van der Waals surface area contributed by atoms with Crippen molar-refractivity contribution in [2.75, 3.05) is 0 Å². The minimum Gasteiger partial charge on any atom is -0.347 e. The van der Waals surface area contributed by atoms with Gasteiger partial charge in [0.15, 0.2) is 0 Å². The fraction of sp³-hybridized carbons (Fsp3) is 0.300. The van der Waals surface area contributed by atoms with Crippen molar-refractivity contribution >= 4 is 5.91 Å². The summed E-state index contributed by atoms with van der Waals surface area (Å²) in [6.45, 7) is 3.58. The van der Waals surface area contributed by atoms with Gasteiger partial charge in [-0.3, -0.25) is 14.3 Å². The number of benzene rings is 1. The third-order valence-electron chi connectivity index (χ3n) is 4.27. The Morgan fingerprint density at radius 3 is 2.67 bits per heavy atom. The molecule has 27 heavy (non-hydrogen) atoms. The molecule has 3 aromatic rings. The summed E-state index contributed by atoms with van der Waals surface area (Å²) in [6.07, 6.45) is 5.44. The minimum atomic E-state index is -0.297. The van der Waals surface area contributed by atoms with E-state index in [9.17, 15) is 9.59 Å². The Morgan fingerprint density at radius 2 is 1.93 bits per heavy atom. The van der Waals surface area contributed by atoms with Crippen LogP contribution in [0.3, 0.4) is 0 Å². The molecule has 1 N–H and O–H groups in total. The van der Waals surface area contributed by atoms with Gasteiger partial charge < -0.3 is 5.32 Å². The number of aryl methyl sites for hydroxylation is 1. The minimum absolute atomic E-state index is 0.190. The standard InChI is InChI=1S/C20H23N5O2/c1-2-3-13-25-19(26)10-9-18(23-25)20(27)21-14-16-7-4-5-8-17(16)15-24-12-6-11-22-24/h4-12H,2-3,13-15H2,1H3,(H,21,27). The average Bonchev–Trinajstić information content (AvgIpc) is 3.19. The molecule has 0 fully saturated rings. The Hall–Kier alpha value is -3.22. The maximum Gasteiger partial charge on any atom is 0.271 e. The molecule has 0 aliphatic carbocycles. The first-order chi connectivity index (χ1) is 13.2. The molecule has 2 aromatic heterocycles. The summed E-state index contributed by atoms with van der Waals surface area (Å²) in [7, 11) is 0. The van der Waals surface area contributed by atoms with Crippen molar-refractivity contribution in [3.05, 3.63) is 82.0 Å². The van der Waals surface area contributed by atoms with Crippen LogP contribution in [0.15, 0.2) is 59.7 Å². The lowest BCUT2D eigenvalue weighted by Gasteiger charge is -2.11. The molecule has 0 saturated heterocycles. The van der Waals surface area contributed by atoms with Crippen LogP contribution in [-0.4, -0.2) is 25.5 Å². The van der Waals surface area contributed by atoms with Crippen LogP contribution in [0.1, 0.15) is 41.4 Å². The number of nitrogens with one attached hydrogen (secondary N) is 1. The first-order valence-electron chi connectivity index (χ1n) is 9.08. The lowest BCUT2D eigenvalue weighted by Crippen LogP contribution is -2.29. The number of carbonyl (C=O) groups is 1. The van der Waals surface area contributed by atoms with Crippen molar-refractivity contribution < 1.29 is 4.79 Å². The van der Waals surface area contributed by atoms with Gasteiger partial charge in [0, 0.05) is 31.5 Å². The Kier molecular flexibility index (Phi) is 6.14. The topological polar surface area (TPSA) is 81.8 Å². The van der Waals surface area contributed by atoms with Crippen LogP contribution >= 0.6 is 0 Å². The van der Waals surface area contributed by atoms with Gasteiger partial charge in [0.25, 0.3) is 11.5 Å². The second-order valence-electron chi connectivity index (χ2n) is 6.29. The van der Waals surface area contributed by atoms with Crippen LogP contribution in [0.2, 0.25) is 0 Å². The Labute approximate surface area is 157 Å². The van der Waals surface area contributed by atoms with Crippen LogP contribution in [0.4, 0.5) is 0 Å². The van der Waals surface area contributed by atoms with E-state index >= 15 is 0 Å². The predicted octanol–water partition coefficient (Wildman–Crippen LogP) is 2.22. The molecule has 0 aliphatic heterocycles. The van der Waals surface area contributed by atoms with Crippen LogP contribution < -0.4 is 10.9 Å². The molecule has 7 heteroatoms. The number of amides is 1. The number of nitrogens with zero attached hydrogens (tertiary/aromatic N) is 4. The Balaban J connectivity index is 1.68. The molecule has 1 amide bonds. The van der Waals surface area contributed by atoms with E-state index in [1.165, 1.54) is 16.8 Å². The number of aromatic nitrogens is 4. The molecule has 2 heterocycles. The zero-order chi connectivity index (χ0) is 19.1. The largest absolute Gasteiger partial charge is 0.347 e. The van der Waals surface area contributed by atoms with E-state index in [1.807, 2.05) is 48.1 Å². The van der Waals surface area contributed by atoms with E-state index in [-0.39, 0.29) is 17.2 Å². The number of unbranched alkanes of at least 4 members (excludes halogenated alkanes) is 1. The summed E-state index contributed by atoms with van der Waals surface area (Å²) in [5.41, 5.74) is 2.16. The number of rotatable bonds is 8. The van der Waals surface area contributed by atoms with Gasteiger partial charge in [-0.25, -0.2) is 4.68 Å². The third-order valence-corrected chi connectivity index (χ3v) is 4.27. The lowest BCUT2D eigenvalue weighted by molar-refractivity contribution is 0.0943. The van der Waals surface area contributed by atoms with Crippen molar-refractivity contribution in [2.24, 2.45) is 0 Å². The van der Waals surface area contributed by atoms with Gasteiger partial charge >= 0.3 is 0 Å². The maximum atomic E-state index is 12.5. The van der Waals surface area contributed by atoms with Gasteiger partial charge in [-0.05, 0) is 29.7 Å². The van der Waals surface area contributed by atoms with Crippen molar-refractivity contribution in [3.63, 3.8) is 0 Å². The summed E-state index contributed by atoms with van der Waals surface area (Å²) >= 11 is 0. The monoisotopic (exact) mass is 365 g/mol. The fourth-order valence-electron chi connectivity index (χ4n) is 2.76. The molecule has 3 rings (SSSR count). The molecule has 7 nitrogen and oxygen atoms in total. The normalized spacial score (nSPS) is 10.7. The molecule has 140 valence electrons. The second kappa shape index (κ2) is 8.93. The fourth-order valence-corrected chi connectivity index (χ4v) is 2.76. The van der Waals surface area contributed by atoms with Crippen LogP contribution in [0.25, 0.3) is 0 Å². The zero-order valence-corrected chi connectivity index (χ0v) is 15.3. The van der Waals surface area contributed by atoms with Gasteiger partial charge in [-0.1, -0.05) is 37.6 Å². The van der Waals surface area contributed by atoms with Crippen molar-refractivity contribution in [1.82, 2.24) is 24.9 Å². The summed E-state index contributed by atoms with van der Waals surface area (Å²) < 4.78 is 3.19. The second-order valence-corrected chi connectivity index (χ2v) is 6.29. The highest BCUT2D eigenvalue weighted by molar-refractivity contribution is 5.91. The van der Waals surface area contributed by atoms with Gasteiger partial charge in [-0.2, -0.15) is 10.2 Å². The third kappa shape index (κ3) is 4.91. The molecule has 0 saturated carbocycles.